The van der Waals surface area contributed by atoms with Crippen LogP contribution in [0.5, 0.6) is 0 Å². The minimum atomic E-state index is -0.735. The zero-order valence-corrected chi connectivity index (χ0v) is 15.8. The van der Waals surface area contributed by atoms with Crippen LogP contribution in [0.3, 0.4) is 0 Å². The fraction of sp³-hybridized carbons (Fsp3) is 0.125. The molecule has 1 heterocycles. The maximum Gasteiger partial charge on any atom is 0.205 e. The molecule has 0 N–H and O–H groups in total. The van der Waals surface area contributed by atoms with Crippen LogP contribution in [0.15, 0.2) is 66.9 Å². The highest BCUT2D eigenvalue weighted by Crippen LogP contribution is 2.15. The van der Waals surface area contributed by atoms with Crippen molar-refractivity contribution in [2.75, 3.05) is 0 Å². The zero-order valence-electron chi connectivity index (χ0n) is 15.8. The Kier molecular flexibility index (Phi) is 6.16. The predicted octanol–water partition coefficient (Wildman–Crippen LogP) is 3.81. The first-order valence-corrected chi connectivity index (χ1v) is 9.01. The minimum absolute atomic E-state index is 0.279. The second-order valence-electron chi connectivity index (χ2n) is 6.56. The first kappa shape index (κ1) is 20.0. The molecule has 0 atom stereocenters. The number of aromatic nitrogens is 1. The fourth-order valence-electron chi connectivity index (χ4n) is 2.76. The quantitative estimate of drug-likeness (QED) is 0.280. The summed E-state index contributed by atoms with van der Waals surface area (Å²) in [5, 5.41) is 0. The number of rotatable bonds is 6. The average Bonchev–Trinajstić information content (AvgIpc) is 3.11. The SMILES string of the molecule is CC(=O)C(=O)CC(=O)c1cc(C#Cc2ccccc2)cn1Cc1ccc(F)cc1. The van der Waals surface area contributed by atoms with Crippen molar-refractivity contribution in [2.24, 2.45) is 0 Å². The van der Waals surface area contributed by atoms with Crippen molar-refractivity contribution >= 4 is 17.3 Å². The minimum Gasteiger partial charge on any atom is -0.339 e. The Labute approximate surface area is 168 Å². The summed E-state index contributed by atoms with van der Waals surface area (Å²) >= 11 is 0. The highest BCUT2D eigenvalue weighted by atomic mass is 19.1. The van der Waals surface area contributed by atoms with Gasteiger partial charge in [0, 0.05) is 30.8 Å². The fourth-order valence-corrected chi connectivity index (χ4v) is 2.76. The standard InChI is InChI=1S/C24H18FNO3/c1-17(27)23(28)14-24(29)22-13-20(8-7-18-5-3-2-4-6-18)16-26(22)15-19-9-11-21(25)12-10-19/h2-6,9-13,16H,14-15H2,1H3. The summed E-state index contributed by atoms with van der Waals surface area (Å²) in [6, 6.07) is 16.9. The van der Waals surface area contributed by atoms with Crippen LogP contribution >= 0.6 is 0 Å². The van der Waals surface area contributed by atoms with Crippen molar-refractivity contribution in [1.29, 1.82) is 0 Å². The molecule has 0 saturated heterocycles. The van der Waals surface area contributed by atoms with Crippen LogP contribution in [-0.4, -0.2) is 21.9 Å². The van der Waals surface area contributed by atoms with Gasteiger partial charge in [-0.1, -0.05) is 42.2 Å². The van der Waals surface area contributed by atoms with Crippen LogP contribution in [0.2, 0.25) is 0 Å². The van der Waals surface area contributed by atoms with Gasteiger partial charge in [0.1, 0.15) is 5.82 Å². The largest absolute Gasteiger partial charge is 0.339 e. The lowest BCUT2D eigenvalue weighted by molar-refractivity contribution is -0.134. The van der Waals surface area contributed by atoms with Crippen molar-refractivity contribution in [3.8, 4) is 11.8 Å². The molecule has 0 aliphatic heterocycles. The third-order valence-electron chi connectivity index (χ3n) is 4.29. The third-order valence-corrected chi connectivity index (χ3v) is 4.29. The van der Waals surface area contributed by atoms with Crippen LogP contribution in [0.1, 0.15) is 40.5 Å². The molecule has 0 fully saturated rings. The van der Waals surface area contributed by atoms with Gasteiger partial charge in [0.05, 0.1) is 12.1 Å². The number of hydrogen-bond acceptors (Lipinski definition) is 3. The molecule has 0 unspecified atom stereocenters. The van der Waals surface area contributed by atoms with Crippen molar-refractivity contribution in [3.05, 3.63) is 95.1 Å². The highest BCUT2D eigenvalue weighted by molar-refractivity contribution is 6.40. The van der Waals surface area contributed by atoms with Gasteiger partial charge in [-0.2, -0.15) is 0 Å². The number of benzene rings is 2. The van der Waals surface area contributed by atoms with E-state index in [1.54, 1.807) is 29.0 Å². The Bertz CT molecular complexity index is 1120. The molecule has 4 nitrogen and oxygen atoms in total. The summed E-state index contributed by atoms with van der Waals surface area (Å²) in [4.78, 5) is 35.5. The molecule has 0 aliphatic carbocycles. The number of carbonyl (C=O) groups excluding carboxylic acids is 3. The zero-order chi connectivity index (χ0) is 20.8. The maximum absolute atomic E-state index is 13.2. The Morgan fingerprint density at radius 1 is 0.931 bits per heavy atom. The van der Waals surface area contributed by atoms with Crippen LogP contribution in [0.25, 0.3) is 0 Å². The normalized spacial score (nSPS) is 10.1. The molecule has 5 heteroatoms. The van der Waals surface area contributed by atoms with Crippen LogP contribution in [0, 0.1) is 17.7 Å². The maximum atomic E-state index is 13.2. The van der Waals surface area contributed by atoms with Gasteiger partial charge in [0.2, 0.25) is 5.78 Å². The van der Waals surface area contributed by atoms with E-state index in [0.717, 1.165) is 18.1 Å². The molecule has 2 aromatic carbocycles. The Hall–Kier alpha value is -3.78. The molecule has 0 radical (unpaired) electrons. The van der Waals surface area contributed by atoms with E-state index in [4.69, 9.17) is 0 Å². The smallest absolute Gasteiger partial charge is 0.205 e. The lowest BCUT2D eigenvalue weighted by Crippen LogP contribution is -2.17. The van der Waals surface area contributed by atoms with Crippen molar-refractivity contribution in [2.45, 2.75) is 19.9 Å². The molecule has 144 valence electrons. The Morgan fingerprint density at radius 3 is 2.24 bits per heavy atom. The van der Waals surface area contributed by atoms with E-state index in [0.29, 0.717) is 12.1 Å². The van der Waals surface area contributed by atoms with E-state index >= 15 is 0 Å². The van der Waals surface area contributed by atoms with Gasteiger partial charge in [0.25, 0.3) is 0 Å². The van der Waals surface area contributed by atoms with Crippen LogP contribution in [0.4, 0.5) is 4.39 Å². The topological polar surface area (TPSA) is 56.1 Å². The van der Waals surface area contributed by atoms with E-state index < -0.39 is 23.8 Å². The van der Waals surface area contributed by atoms with E-state index in [-0.39, 0.29) is 11.5 Å². The molecule has 3 rings (SSSR count). The number of hydrogen-bond donors (Lipinski definition) is 0. The molecule has 0 spiro atoms. The average molecular weight is 387 g/mol. The molecule has 0 bridgehead atoms. The molecule has 0 amide bonds. The second kappa shape index (κ2) is 8.94. The van der Waals surface area contributed by atoms with Gasteiger partial charge >= 0.3 is 0 Å². The molecule has 3 aromatic rings. The van der Waals surface area contributed by atoms with E-state index in [1.165, 1.54) is 12.1 Å². The van der Waals surface area contributed by atoms with E-state index in [1.807, 2.05) is 30.3 Å². The highest BCUT2D eigenvalue weighted by Gasteiger charge is 2.19. The summed E-state index contributed by atoms with van der Waals surface area (Å²) < 4.78 is 14.8. The van der Waals surface area contributed by atoms with Gasteiger partial charge in [-0.3, -0.25) is 14.4 Å². The summed E-state index contributed by atoms with van der Waals surface area (Å²) in [7, 11) is 0. The van der Waals surface area contributed by atoms with Gasteiger partial charge in [-0.15, -0.1) is 0 Å². The number of carbonyl (C=O) groups is 3. The van der Waals surface area contributed by atoms with Gasteiger partial charge < -0.3 is 4.57 Å². The molecule has 0 aliphatic rings. The summed E-state index contributed by atoms with van der Waals surface area (Å²) in [6.07, 6.45) is 1.22. The lowest BCUT2D eigenvalue weighted by atomic mass is 10.1. The molecular weight excluding hydrogens is 369 g/mol. The number of Topliss-reactive ketones (excluding diaryl/α,β-unsaturated/α-hetero) is 3. The monoisotopic (exact) mass is 387 g/mol. The number of nitrogens with zero attached hydrogens (tertiary/aromatic N) is 1. The third kappa shape index (κ3) is 5.36. The van der Waals surface area contributed by atoms with Crippen molar-refractivity contribution in [1.82, 2.24) is 4.57 Å². The Balaban J connectivity index is 1.93. The summed E-state index contributed by atoms with van der Waals surface area (Å²) in [6.45, 7) is 1.45. The van der Waals surface area contributed by atoms with Gasteiger partial charge in [-0.25, -0.2) is 4.39 Å². The lowest BCUT2D eigenvalue weighted by Gasteiger charge is -2.08. The summed E-state index contributed by atoms with van der Waals surface area (Å²) in [5.41, 5.74) is 2.51. The molecule has 0 saturated carbocycles. The Morgan fingerprint density at radius 2 is 1.59 bits per heavy atom. The predicted molar refractivity (Wildman–Crippen MR) is 107 cm³/mol. The van der Waals surface area contributed by atoms with Crippen molar-refractivity contribution in [3.63, 3.8) is 0 Å². The summed E-state index contributed by atoms with van der Waals surface area (Å²) in [5.74, 6) is 3.84. The van der Waals surface area contributed by atoms with Gasteiger partial charge in [0.15, 0.2) is 11.6 Å². The molecular formula is C24H18FNO3. The van der Waals surface area contributed by atoms with Crippen LogP contribution in [-0.2, 0) is 16.1 Å². The van der Waals surface area contributed by atoms with E-state index in [2.05, 4.69) is 11.8 Å². The van der Waals surface area contributed by atoms with Gasteiger partial charge in [-0.05, 0) is 35.9 Å². The number of halogens is 1. The second-order valence-corrected chi connectivity index (χ2v) is 6.56. The van der Waals surface area contributed by atoms with Crippen LogP contribution < -0.4 is 0 Å². The molecule has 29 heavy (non-hydrogen) atoms. The number of ketones is 3. The molecule has 1 aromatic heterocycles. The van der Waals surface area contributed by atoms with E-state index in [9.17, 15) is 18.8 Å². The first-order chi connectivity index (χ1) is 13.9. The van der Waals surface area contributed by atoms with Crippen molar-refractivity contribution < 1.29 is 18.8 Å². The first-order valence-electron chi connectivity index (χ1n) is 9.01.